The number of carbonyl (C=O) groups is 1. The van der Waals surface area contributed by atoms with E-state index in [1.54, 1.807) is 13.3 Å². The van der Waals surface area contributed by atoms with Crippen LogP contribution in [0.4, 0.5) is 18.9 Å². The Morgan fingerprint density at radius 1 is 1.42 bits per heavy atom. The van der Waals surface area contributed by atoms with E-state index in [0.29, 0.717) is 11.3 Å². The molecule has 0 atom stereocenters. The first-order valence-corrected chi connectivity index (χ1v) is 7.80. The van der Waals surface area contributed by atoms with Crippen LogP contribution in [0.2, 0.25) is 5.02 Å². The van der Waals surface area contributed by atoms with Crippen molar-refractivity contribution in [1.29, 1.82) is 0 Å². The lowest BCUT2D eigenvalue weighted by molar-refractivity contribution is -0.137. The molecule has 0 saturated heterocycles. The summed E-state index contributed by atoms with van der Waals surface area (Å²) in [6.45, 7) is 4.21. The molecule has 0 heterocycles. The maximum absolute atomic E-state index is 12.0. The molecule has 0 spiro atoms. The molecule has 0 bridgehead atoms. The summed E-state index contributed by atoms with van der Waals surface area (Å²) in [5, 5.41) is 0.146. The second-order valence-electron chi connectivity index (χ2n) is 5.29. The van der Waals surface area contributed by atoms with E-state index in [1.807, 2.05) is 18.9 Å². The Labute approximate surface area is 144 Å². The second-order valence-corrected chi connectivity index (χ2v) is 5.70. The molecule has 1 aromatic rings. The van der Waals surface area contributed by atoms with E-state index in [4.69, 9.17) is 16.3 Å². The summed E-state index contributed by atoms with van der Waals surface area (Å²) in [7, 11) is 1.87. The number of hydrogen-bond donors (Lipinski definition) is 0. The summed E-state index contributed by atoms with van der Waals surface area (Å²) >= 11 is 6.06. The summed E-state index contributed by atoms with van der Waals surface area (Å²) in [5.41, 5.74) is 1.43. The fraction of sp³-hybridized carbons (Fsp3) is 0.500. The van der Waals surface area contributed by atoms with Crippen LogP contribution in [0.15, 0.2) is 17.1 Å². The van der Waals surface area contributed by atoms with E-state index < -0.39 is 18.6 Å². The number of halogens is 4. The fourth-order valence-corrected chi connectivity index (χ4v) is 1.96. The second kappa shape index (κ2) is 8.92. The Bertz CT molecular complexity index is 604. The number of alkyl halides is 3. The van der Waals surface area contributed by atoms with Crippen molar-refractivity contribution in [2.24, 2.45) is 4.99 Å². The zero-order valence-electron chi connectivity index (χ0n) is 13.8. The molecule has 0 amide bonds. The molecular weight excluding hydrogens is 345 g/mol. The van der Waals surface area contributed by atoms with Crippen LogP contribution in [0.1, 0.15) is 35.7 Å². The van der Waals surface area contributed by atoms with Crippen molar-refractivity contribution in [3.8, 4) is 0 Å². The van der Waals surface area contributed by atoms with E-state index in [0.717, 1.165) is 6.54 Å². The Morgan fingerprint density at radius 3 is 2.67 bits per heavy atom. The average Bonchev–Trinajstić information content (AvgIpc) is 2.50. The first-order chi connectivity index (χ1) is 11.1. The van der Waals surface area contributed by atoms with Gasteiger partial charge in [-0.3, -0.25) is 0 Å². The molecule has 0 aromatic heterocycles. The average molecular weight is 365 g/mol. The minimum Gasteiger partial charge on any atom is -0.462 e. The molecule has 1 rings (SSSR count). The number of benzene rings is 1. The van der Waals surface area contributed by atoms with Crippen LogP contribution in [-0.4, -0.2) is 43.6 Å². The van der Waals surface area contributed by atoms with Gasteiger partial charge in [0.2, 0.25) is 0 Å². The highest BCUT2D eigenvalue weighted by atomic mass is 35.5. The lowest BCUT2D eigenvalue weighted by atomic mass is 10.1. The molecule has 0 saturated carbocycles. The van der Waals surface area contributed by atoms with Crippen LogP contribution in [0, 0.1) is 6.92 Å². The molecule has 0 aliphatic carbocycles. The highest BCUT2D eigenvalue weighted by Crippen LogP contribution is 2.28. The van der Waals surface area contributed by atoms with Crippen LogP contribution in [0.3, 0.4) is 0 Å². The van der Waals surface area contributed by atoms with Gasteiger partial charge in [0, 0.05) is 20.0 Å². The SMILES string of the molecule is CCN(C)C=Nc1cc(Cl)c(C(=O)OCCCC(F)(F)F)cc1C. The highest BCUT2D eigenvalue weighted by Gasteiger charge is 2.26. The predicted octanol–water partition coefficient (Wildman–Crippen LogP) is 4.76. The number of esters is 1. The molecule has 0 N–H and O–H groups in total. The Balaban J connectivity index is 2.74. The van der Waals surface area contributed by atoms with Crippen LogP contribution in [0.25, 0.3) is 0 Å². The van der Waals surface area contributed by atoms with Crippen LogP contribution in [0.5, 0.6) is 0 Å². The minimum absolute atomic E-state index is 0.115. The van der Waals surface area contributed by atoms with Gasteiger partial charge in [0.25, 0.3) is 0 Å². The van der Waals surface area contributed by atoms with Crippen molar-refractivity contribution in [1.82, 2.24) is 4.90 Å². The Kier molecular flexibility index (Phi) is 7.54. The molecule has 24 heavy (non-hydrogen) atoms. The van der Waals surface area contributed by atoms with Gasteiger partial charge in [0.1, 0.15) is 0 Å². The zero-order valence-corrected chi connectivity index (χ0v) is 14.5. The summed E-state index contributed by atoms with van der Waals surface area (Å²) < 4.78 is 41.0. The molecule has 0 aliphatic rings. The molecular formula is C16H20ClF3N2O2. The lowest BCUT2D eigenvalue weighted by Crippen LogP contribution is -2.14. The third-order valence-corrected chi connectivity index (χ3v) is 3.55. The molecule has 0 radical (unpaired) electrons. The van der Waals surface area contributed by atoms with Crippen molar-refractivity contribution in [2.75, 3.05) is 20.2 Å². The maximum atomic E-state index is 12.0. The minimum atomic E-state index is -4.26. The lowest BCUT2D eigenvalue weighted by Gasteiger charge is -2.11. The van der Waals surface area contributed by atoms with Crippen LogP contribution in [-0.2, 0) is 4.74 Å². The van der Waals surface area contributed by atoms with Gasteiger partial charge in [-0.25, -0.2) is 9.79 Å². The first-order valence-electron chi connectivity index (χ1n) is 7.42. The van der Waals surface area contributed by atoms with E-state index >= 15 is 0 Å². The van der Waals surface area contributed by atoms with Crippen LogP contribution >= 0.6 is 11.6 Å². The smallest absolute Gasteiger partial charge is 0.389 e. The summed E-state index contributed by atoms with van der Waals surface area (Å²) in [6.07, 6.45) is -3.89. The molecule has 134 valence electrons. The van der Waals surface area contributed by atoms with Crippen molar-refractivity contribution in [2.45, 2.75) is 32.9 Å². The molecule has 0 unspecified atom stereocenters. The predicted molar refractivity (Wildman–Crippen MR) is 88.2 cm³/mol. The Hall–Kier alpha value is -1.76. The van der Waals surface area contributed by atoms with Crippen LogP contribution < -0.4 is 0 Å². The number of carbonyl (C=O) groups excluding carboxylic acids is 1. The van der Waals surface area contributed by atoms with Gasteiger partial charge in [-0.1, -0.05) is 11.6 Å². The van der Waals surface area contributed by atoms with Gasteiger partial charge < -0.3 is 9.64 Å². The number of nitrogens with zero attached hydrogens (tertiary/aromatic N) is 2. The largest absolute Gasteiger partial charge is 0.462 e. The monoisotopic (exact) mass is 364 g/mol. The molecule has 1 aromatic carbocycles. The Morgan fingerprint density at radius 2 is 2.08 bits per heavy atom. The van der Waals surface area contributed by atoms with Gasteiger partial charge in [-0.15, -0.1) is 0 Å². The van der Waals surface area contributed by atoms with Gasteiger partial charge in [0.05, 0.1) is 29.2 Å². The van der Waals surface area contributed by atoms with E-state index in [1.165, 1.54) is 12.1 Å². The first kappa shape index (κ1) is 20.3. The van der Waals surface area contributed by atoms with Gasteiger partial charge >= 0.3 is 12.1 Å². The van der Waals surface area contributed by atoms with Crippen molar-refractivity contribution >= 4 is 29.6 Å². The topological polar surface area (TPSA) is 41.9 Å². The van der Waals surface area contributed by atoms with Gasteiger partial charge in [-0.05, 0) is 38.0 Å². The molecule has 0 aliphatic heterocycles. The van der Waals surface area contributed by atoms with E-state index in [2.05, 4.69) is 4.99 Å². The third kappa shape index (κ3) is 6.78. The molecule has 4 nitrogen and oxygen atoms in total. The number of ether oxygens (including phenoxy) is 1. The highest BCUT2D eigenvalue weighted by molar-refractivity contribution is 6.33. The number of rotatable bonds is 7. The van der Waals surface area contributed by atoms with E-state index in [9.17, 15) is 18.0 Å². The molecule has 8 heteroatoms. The normalized spacial score (nSPS) is 11.8. The third-order valence-electron chi connectivity index (χ3n) is 3.24. The number of aryl methyl sites for hydroxylation is 1. The summed E-state index contributed by atoms with van der Waals surface area (Å²) in [5.74, 6) is -0.744. The summed E-state index contributed by atoms with van der Waals surface area (Å²) in [6, 6.07) is 3.05. The van der Waals surface area contributed by atoms with Crippen molar-refractivity contribution < 1.29 is 22.7 Å². The van der Waals surface area contributed by atoms with Crippen molar-refractivity contribution in [3.63, 3.8) is 0 Å². The van der Waals surface area contributed by atoms with Gasteiger partial charge in [-0.2, -0.15) is 13.2 Å². The molecule has 0 fully saturated rings. The maximum Gasteiger partial charge on any atom is 0.389 e. The van der Waals surface area contributed by atoms with Gasteiger partial charge in [0.15, 0.2) is 0 Å². The summed E-state index contributed by atoms with van der Waals surface area (Å²) in [4.78, 5) is 18.1. The standard InChI is InChI=1S/C16H20ClF3N2O2/c1-4-22(3)10-21-14-9-13(17)12(8-11(14)2)15(23)24-7-5-6-16(18,19)20/h8-10H,4-7H2,1-3H3. The number of aliphatic imine (C=N–C) groups is 1. The zero-order chi connectivity index (χ0) is 18.3. The fourth-order valence-electron chi connectivity index (χ4n) is 1.72. The van der Waals surface area contributed by atoms with E-state index in [-0.39, 0.29) is 23.6 Å². The van der Waals surface area contributed by atoms with Crippen molar-refractivity contribution in [3.05, 3.63) is 28.3 Å². The number of hydrogen-bond acceptors (Lipinski definition) is 3. The quantitative estimate of drug-likeness (QED) is 0.303.